The smallest absolute Gasteiger partial charge is 0.219 e. The number of amides is 1. The fourth-order valence-corrected chi connectivity index (χ4v) is 3.13. The van der Waals surface area contributed by atoms with Gasteiger partial charge in [0, 0.05) is 32.6 Å². The maximum atomic E-state index is 11.4. The van der Waals surface area contributed by atoms with E-state index in [-0.39, 0.29) is 5.91 Å². The number of likely N-dealkylation sites (tertiary alicyclic amines) is 2. The third-order valence-corrected chi connectivity index (χ3v) is 4.32. The molecule has 0 saturated carbocycles. The fourth-order valence-electron chi connectivity index (χ4n) is 3.13. The van der Waals surface area contributed by atoms with Gasteiger partial charge < -0.3 is 9.80 Å². The molecular formula is C13H24N2O. The van der Waals surface area contributed by atoms with Crippen LogP contribution in [0.4, 0.5) is 0 Å². The lowest BCUT2D eigenvalue weighted by molar-refractivity contribution is -0.132. The normalized spacial score (nSPS) is 31.6. The molecule has 3 heteroatoms. The summed E-state index contributed by atoms with van der Waals surface area (Å²) in [4.78, 5) is 16.0. The summed E-state index contributed by atoms with van der Waals surface area (Å²) >= 11 is 0. The van der Waals surface area contributed by atoms with E-state index >= 15 is 0 Å². The summed E-state index contributed by atoms with van der Waals surface area (Å²) in [7, 11) is 0. The van der Waals surface area contributed by atoms with Crippen molar-refractivity contribution in [1.29, 1.82) is 0 Å². The molecule has 0 aromatic carbocycles. The van der Waals surface area contributed by atoms with Gasteiger partial charge >= 0.3 is 0 Å². The Morgan fingerprint density at radius 2 is 1.75 bits per heavy atom. The highest BCUT2D eigenvalue weighted by Gasteiger charge is 2.35. The van der Waals surface area contributed by atoms with E-state index in [4.69, 9.17) is 0 Å². The lowest BCUT2D eigenvalue weighted by Gasteiger charge is -2.45. The summed E-state index contributed by atoms with van der Waals surface area (Å²) in [5.74, 6) is 1.84. The quantitative estimate of drug-likeness (QED) is 0.675. The van der Waals surface area contributed by atoms with Crippen LogP contribution in [-0.4, -0.2) is 47.9 Å². The largest absolute Gasteiger partial charge is 0.343 e. The lowest BCUT2D eigenvalue weighted by Crippen LogP contribution is -2.51. The van der Waals surface area contributed by atoms with Gasteiger partial charge in [0.1, 0.15) is 0 Å². The molecule has 0 aliphatic carbocycles. The summed E-state index contributed by atoms with van der Waals surface area (Å²) < 4.78 is 0. The van der Waals surface area contributed by atoms with E-state index in [0.717, 1.165) is 24.9 Å². The van der Waals surface area contributed by atoms with Gasteiger partial charge in [-0.15, -0.1) is 0 Å². The number of fused-ring (bicyclic) bond motifs is 1. The third kappa shape index (κ3) is 2.40. The van der Waals surface area contributed by atoms with E-state index in [1.54, 1.807) is 6.92 Å². The molecule has 0 spiro atoms. The Bertz CT molecular complexity index is 265. The molecule has 0 radical (unpaired) electrons. The van der Waals surface area contributed by atoms with Gasteiger partial charge in [-0.25, -0.2) is 0 Å². The molecule has 0 aromatic rings. The van der Waals surface area contributed by atoms with E-state index in [1.165, 1.54) is 25.9 Å². The number of piperidine rings is 2. The van der Waals surface area contributed by atoms with Crippen LogP contribution in [-0.2, 0) is 4.79 Å². The Kier molecular flexibility index (Phi) is 3.53. The van der Waals surface area contributed by atoms with Crippen molar-refractivity contribution in [3.63, 3.8) is 0 Å². The first-order valence-corrected chi connectivity index (χ1v) is 6.57. The van der Waals surface area contributed by atoms with Gasteiger partial charge in [0.05, 0.1) is 0 Å². The molecular weight excluding hydrogens is 200 g/mol. The van der Waals surface area contributed by atoms with Crippen LogP contribution in [0, 0.1) is 11.8 Å². The van der Waals surface area contributed by atoms with E-state index in [2.05, 4.69) is 18.7 Å². The number of hydrogen-bond acceptors (Lipinski definition) is 2. The molecule has 1 amide bonds. The van der Waals surface area contributed by atoms with E-state index < -0.39 is 0 Å². The molecule has 16 heavy (non-hydrogen) atoms. The predicted octanol–water partition coefficient (Wildman–Crippen LogP) is 1.59. The van der Waals surface area contributed by atoms with Crippen molar-refractivity contribution in [3.05, 3.63) is 0 Å². The van der Waals surface area contributed by atoms with Gasteiger partial charge in [0.25, 0.3) is 0 Å². The van der Waals surface area contributed by atoms with E-state index in [9.17, 15) is 4.79 Å². The van der Waals surface area contributed by atoms with Crippen LogP contribution in [0.15, 0.2) is 0 Å². The molecule has 0 N–H and O–H groups in total. The molecule has 92 valence electrons. The highest BCUT2D eigenvalue weighted by Crippen LogP contribution is 2.31. The van der Waals surface area contributed by atoms with Crippen LogP contribution in [0.1, 0.15) is 33.6 Å². The standard InChI is InChI=1S/C13H24N2O/c1-10(2)14-6-4-13-9-15(11(3)16)7-5-12(13)8-14/h10,12-13H,4-9H2,1-3H3. The molecule has 2 aliphatic rings. The van der Waals surface area contributed by atoms with E-state index in [0.29, 0.717) is 6.04 Å². The Labute approximate surface area is 98.8 Å². The van der Waals surface area contributed by atoms with E-state index in [1.807, 2.05) is 4.90 Å². The molecule has 2 rings (SSSR count). The first-order chi connectivity index (χ1) is 7.58. The fraction of sp³-hybridized carbons (Fsp3) is 0.923. The van der Waals surface area contributed by atoms with Gasteiger partial charge in [-0.1, -0.05) is 0 Å². The molecule has 2 aliphatic heterocycles. The topological polar surface area (TPSA) is 23.6 Å². The first kappa shape index (κ1) is 11.9. The number of hydrogen-bond donors (Lipinski definition) is 0. The van der Waals surface area contributed by atoms with Gasteiger partial charge in [-0.05, 0) is 45.1 Å². The molecule has 3 nitrogen and oxygen atoms in total. The van der Waals surface area contributed by atoms with Crippen LogP contribution in [0.3, 0.4) is 0 Å². The Hall–Kier alpha value is -0.570. The number of rotatable bonds is 1. The highest BCUT2D eigenvalue weighted by atomic mass is 16.2. The second kappa shape index (κ2) is 4.74. The second-order valence-electron chi connectivity index (χ2n) is 5.65. The van der Waals surface area contributed by atoms with Crippen LogP contribution >= 0.6 is 0 Å². The number of nitrogens with zero attached hydrogens (tertiary/aromatic N) is 2. The minimum absolute atomic E-state index is 0.254. The van der Waals surface area contributed by atoms with Crippen molar-refractivity contribution in [3.8, 4) is 0 Å². The summed E-state index contributed by atoms with van der Waals surface area (Å²) in [6.45, 7) is 10.7. The van der Waals surface area contributed by atoms with Gasteiger partial charge in [0.2, 0.25) is 5.91 Å². The number of carbonyl (C=O) groups excluding carboxylic acids is 1. The Morgan fingerprint density at radius 3 is 2.38 bits per heavy atom. The maximum Gasteiger partial charge on any atom is 0.219 e. The van der Waals surface area contributed by atoms with Crippen LogP contribution in [0.25, 0.3) is 0 Å². The molecule has 2 fully saturated rings. The summed E-state index contributed by atoms with van der Waals surface area (Å²) in [5, 5.41) is 0. The minimum Gasteiger partial charge on any atom is -0.343 e. The van der Waals surface area contributed by atoms with Crippen molar-refractivity contribution in [2.75, 3.05) is 26.2 Å². The number of carbonyl (C=O) groups is 1. The predicted molar refractivity (Wildman–Crippen MR) is 65.2 cm³/mol. The zero-order valence-corrected chi connectivity index (χ0v) is 10.8. The van der Waals surface area contributed by atoms with Crippen molar-refractivity contribution in [2.45, 2.75) is 39.7 Å². The van der Waals surface area contributed by atoms with Crippen molar-refractivity contribution >= 4 is 5.91 Å². The van der Waals surface area contributed by atoms with Crippen molar-refractivity contribution < 1.29 is 4.79 Å². The average Bonchev–Trinajstić information content (AvgIpc) is 2.27. The second-order valence-corrected chi connectivity index (χ2v) is 5.65. The molecule has 2 atom stereocenters. The zero-order valence-electron chi connectivity index (χ0n) is 10.8. The summed E-state index contributed by atoms with van der Waals surface area (Å²) in [5.41, 5.74) is 0. The first-order valence-electron chi connectivity index (χ1n) is 6.57. The van der Waals surface area contributed by atoms with Gasteiger partial charge in [0.15, 0.2) is 0 Å². The van der Waals surface area contributed by atoms with Crippen molar-refractivity contribution in [1.82, 2.24) is 9.80 Å². The average molecular weight is 224 g/mol. The minimum atomic E-state index is 0.254. The Morgan fingerprint density at radius 1 is 1.12 bits per heavy atom. The van der Waals surface area contributed by atoms with Crippen molar-refractivity contribution in [2.24, 2.45) is 11.8 Å². The monoisotopic (exact) mass is 224 g/mol. The van der Waals surface area contributed by atoms with Crippen LogP contribution in [0.5, 0.6) is 0 Å². The molecule has 2 saturated heterocycles. The SMILES string of the molecule is CC(=O)N1CCC2CN(C(C)C)CCC2C1. The third-order valence-electron chi connectivity index (χ3n) is 4.32. The zero-order chi connectivity index (χ0) is 11.7. The van der Waals surface area contributed by atoms with Gasteiger partial charge in [-0.3, -0.25) is 4.79 Å². The molecule has 2 unspecified atom stereocenters. The van der Waals surface area contributed by atoms with Gasteiger partial charge in [-0.2, -0.15) is 0 Å². The Balaban J connectivity index is 1.92. The van der Waals surface area contributed by atoms with Crippen LogP contribution in [0.2, 0.25) is 0 Å². The highest BCUT2D eigenvalue weighted by molar-refractivity contribution is 5.73. The summed E-state index contributed by atoms with van der Waals surface area (Å²) in [6, 6.07) is 0.673. The molecule has 0 aromatic heterocycles. The summed E-state index contributed by atoms with van der Waals surface area (Å²) in [6.07, 6.45) is 2.47. The molecule has 0 bridgehead atoms. The van der Waals surface area contributed by atoms with Crippen LogP contribution < -0.4 is 0 Å². The lowest BCUT2D eigenvalue weighted by atomic mass is 9.80. The molecule has 2 heterocycles. The maximum absolute atomic E-state index is 11.4.